The zero-order chi connectivity index (χ0) is 33.4. The molecule has 0 unspecified atom stereocenters. The summed E-state index contributed by atoms with van der Waals surface area (Å²) in [5.41, 5.74) is -0.402. The molecule has 47 heavy (non-hydrogen) atoms. The zero-order valence-corrected chi connectivity index (χ0v) is 27.1. The third-order valence-corrected chi connectivity index (χ3v) is 9.83. The van der Waals surface area contributed by atoms with Gasteiger partial charge in [0.15, 0.2) is 0 Å². The van der Waals surface area contributed by atoms with Crippen molar-refractivity contribution in [3.8, 4) is 0 Å². The summed E-state index contributed by atoms with van der Waals surface area (Å²) in [6.45, 7) is 11.7. The Bertz CT molecular complexity index is 1290. The molecule has 4 saturated heterocycles. The number of carbonyl (C=O) groups is 4. The molecule has 256 valence electrons. The number of allylic oxidation sites excluding steroid dienone is 1. The Balaban J connectivity index is 1.38. The van der Waals surface area contributed by atoms with Crippen molar-refractivity contribution in [3.63, 3.8) is 0 Å². The number of esters is 1. The van der Waals surface area contributed by atoms with Crippen LogP contribution in [0, 0.1) is 11.8 Å². The molecule has 3 amide bonds. The Morgan fingerprint density at radius 3 is 2.62 bits per heavy atom. The van der Waals surface area contributed by atoms with Gasteiger partial charge in [-0.2, -0.15) is 0 Å². The summed E-state index contributed by atoms with van der Waals surface area (Å²) < 4.78 is 17.6. The van der Waals surface area contributed by atoms with E-state index in [4.69, 9.17) is 14.2 Å². The number of nitrogens with one attached hydrogen (secondary N) is 1. The normalized spacial score (nSPS) is 27.3. The summed E-state index contributed by atoms with van der Waals surface area (Å²) in [7, 11) is 0. The molecule has 4 fully saturated rings. The van der Waals surface area contributed by atoms with Crippen LogP contribution < -0.4 is 5.32 Å². The number of aliphatic hydroxyl groups is 1. The van der Waals surface area contributed by atoms with Crippen LogP contribution in [-0.2, 0) is 33.4 Å². The fourth-order valence-corrected chi connectivity index (χ4v) is 7.56. The van der Waals surface area contributed by atoms with Gasteiger partial charge in [-0.1, -0.05) is 42.5 Å². The minimum absolute atomic E-state index is 0.0723. The van der Waals surface area contributed by atoms with Gasteiger partial charge in [-0.15, -0.1) is 13.2 Å². The maximum absolute atomic E-state index is 14.5. The van der Waals surface area contributed by atoms with Crippen molar-refractivity contribution in [2.45, 2.75) is 55.9 Å². The number of hydrogen-bond acceptors (Lipinski definition) is 9. The van der Waals surface area contributed by atoms with E-state index in [0.29, 0.717) is 58.5 Å². The van der Waals surface area contributed by atoms with Crippen LogP contribution >= 0.6 is 0 Å². The average molecular weight is 653 g/mol. The highest BCUT2D eigenvalue weighted by Gasteiger charge is 2.74. The number of likely N-dealkylation sites (tertiary alicyclic amines) is 1. The summed E-state index contributed by atoms with van der Waals surface area (Å²) in [6, 6.07) is 7.67. The maximum Gasteiger partial charge on any atom is 0.306 e. The minimum atomic E-state index is -1.16. The van der Waals surface area contributed by atoms with Gasteiger partial charge in [-0.3, -0.25) is 24.1 Å². The lowest BCUT2D eigenvalue weighted by Crippen LogP contribution is -2.57. The van der Waals surface area contributed by atoms with Gasteiger partial charge in [-0.05, 0) is 31.2 Å². The van der Waals surface area contributed by atoms with Crippen LogP contribution in [-0.4, -0.2) is 127 Å². The molecule has 0 aromatic heterocycles. The number of ether oxygens (including phenoxy) is 3. The number of fused-ring (bicyclic) bond motifs is 1. The lowest BCUT2D eigenvalue weighted by molar-refractivity contribution is -0.148. The smallest absolute Gasteiger partial charge is 0.306 e. The van der Waals surface area contributed by atoms with Crippen LogP contribution in [0.15, 0.2) is 55.6 Å². The lowest BCUT2D eigenvalue weighted by Gasteiger charge is -2.37. The topological polar surface area (TPSA) is 138 Å². The average Bonchev–Trinajstić information content (AvgIpc) is 3.74. The van der Waals surface area contributed by atoms with Crippen LogP contribution in [0.5, 0.6) is 0 Å². The van der Waals surface area contributed by atoms with Crippen LogP contribution in [0.3, 0.4) is 0 Å². The number of morpholine rings is 1. The van der Waals surface area contributed by atoms with E-state index < -0.39 is 41.6 Å². The number of amides is 3. The zero-order valence-electron chi connectivity index (χ0n) is 27.1. The summed E-state index contributed by atoms with van der Waals surface area (Å²) >= 11 is 0. The van der Waals surface area contributed by atoms with Crippen molar-refractivity contribution in [1.29, 1.82) is 0 Å². The summed E-state index contributed by atoms with van der Waals surface area (Å²) in [5.74, 6) is -3.00. The molecule has 0 radical (unpaired) electrons. The SMILES string of the molecule is C=CCCC(=O)OC[C@@H](NC(=O)[C@@H]1[C@@H]2CC[C@]3(O2)[C@H](C(=O)N(CC=C)CCN2CCOCC2)N(CCCO)C(=O)[C@@H]13)c1ccccc1. The molecule has 0 aliphatic carbocycles. The van der Waals surface area contributed by atoms with Crippen molar-refractivity contribution >= 4 is 23.7 Å². The van der Waals surface area contributed by atoms with Gasteiger partial charge in [0.2, 0.25) is 17.7 Å². The predicted molar refractivity (Wildman–Crippen MR) is 173 cm³/mol. The molecule has 5 rings (SSSR count). The number of rotatable bonds is 17. The predicted octanol–water partition coefficient (Wildman–Crippen LogP) is 1.46. The minimum Gasteiger partial charge on any atom is -0.463 e. The Morgan fingerprint density at radius 2 is 1.91 bits per heavy atom. The Kier molecular flexibility index (Phi) is 11.8. The van der Waals surface area contributed by atoms with Crippen LogP contribution in [0.2, 0.25) is 0 Å². The number of benzene rings is 1. The Morgan fingerprint density at radius 1 is 1.15 bits per heavy atom. The van der Waals surface area contributed by atoms with E-state index in [0.717, 1.165) is 18.7 Å². The highest BCUT2D eigenvalue weighted by atomic mass is 16.5. The Hall–Kier alpha value is -3.58. The van der Waals surface area contributed by atoms with Gasteiger partial charge in [0.25, 0.3) is 0 Å². The number of nitrogens with zero attached hydrogens (tertiary/aromatic N) is 3. The molecule has 1 aromatic carbocycles. The number of carbonyl (C=O) groups excluding carboxylic acids is 4. The molecule has 4 aliphatic heterocycles. The first-order valence-corrected chi connectivity index (χ1v) is 16.8. The highest BCUT2D eigenvalue weighted by molar-refractivity contribution is 5.99. The molecule has 2 N–H and O–H groups in total. The van der Waals surface area contributed by atoms with Crippen LogP contribution in [0.4, 0.5) is 0 Å². The molecule has 2 bridgehead atoms. The highest BCUT2D eigenvalue weighted by Crippen LogP contribution is 2.58. The van der Waals surface area contributed by atoms with E-state index in [1.54, 1.807) is 17.1 Å². The molecular weight excluding hydrogens is 604 g/mol. The molecule has 0 saturated carbocycles. The molecule has 1 spiro atoms. The molecule has 6 atom stereocenters. The van der Waals surface area contributed by atoms with Gasteiger partial charge < -0.3 is 34.4 Å². The van der Waals surface area contributed by atoms with Crippen molar-refractivity contribution in [1.82, 2.24) is 20.0 Å². The van der Waals surface area contributed by atoms with E-state index in [1.807, 2.05) is 30.3 Å². The van der Waals surface area contributed by atoms with Crippen LogP contribution in [0.25, 0.3) is 0 Å². The van der Waals surface area contributed by atoms with Gasteiger partial charge in [0, 0.05) is 52.3 Å². The second kappa shape index (κ2) is 16.0. The molecule has 4 heterocycles. The lowest BCUT2D eigenvalue weighted by atomic mass is 9.70. The fraction of sp³-hybridized carbons (Fsp3) is 0.600. The summed E-state index contributed by atoms with van der Waals surface area (Å²) in [6.07, 6.45) is 4.75. The third kappa shape index (κ3) is 7.45. The van der Waals surface area contributed by atoms with Crippen molar-refractivity contribution in [2.24, 2.45) is 11.8 Å². The fourth-order valence-electron chi connectivity index (χ4n) is 7.56. The quantitative estimate of drug-likeness (QED) is 0.189. The Labute approximate surface area is 276 Å². The summed E-state index contributed by atoms with van der Waals surface area (Å²) in [4.78, 5) is 60.7. The largest absolute Gasteiger partial charge is 0.463 e. The van der Waals surface area contributed by atoms with Gasteiger partial charge in [0.1, 0.15) is 18.2 Å². The third-order valence-electron chi connectivity index (χ3n) is 9.83. The van der Waals surface area contributed by atoms with E-state index in [-0.39, 0.29) is 43.9 Å². The molecule has 1 aromatic rings. The van der Waals surface area contributed by atoms with E-state index >= 15 is 0 Å². The maximum atomic E-state index is 14.5. The molecule has 12 heteroatoms. The standard InChI is InChI=1S/C35H48N4O8/c1-3-5-12-28(41)46-24-26(25-10-7-6-8-11-25)36-32(42)29-27-13-14-35(47-27)30(29)33(43)39(16-9-21-40)31(35)34(44)38(15-4-2)18-17-37-19-22-45-23-20-37/h3-4,6-8,10-11,26-27,29-31,40H,1-2,5,9,12-24H2,(H,36,42)/t26-,27+,29-,30-,31+,35-/m1/s1. The van der Waals surface area contributed by atoms with E-state index in [1.165, 1.54) is 4.90 Å². The van der Waals surface area contributed by atoms with E-state index in [9.17, 15) is 24.3 Å². The summed E-state index contributed by atoms with van der Waals surface area (Å²) in [5, 5.41) is 12.7. The first-order chi connectivity index (χ1) is 22.8. The molecule has 4 aliphatic rings. The van der Waals surface area contributed by atoms with Gasteiger partial charge >= 0.3 is 5.97 Å². The first-order valence-electron chi connectivity index (χ1n) is 16.8. The first kappa shape index (κ1) is 34.7. The van der Waals surface area contributed by atoms with Crippen LogP contribution in [0.1, 0.15) is 43.7 Å². The number of aliphatic hydroxyl groups excluding tert-OH is 1. The van der Waals surface area contributed by atoms with Crippen molar-refractivity contribution < 1.29 is 38.5 Å². The van der Waals surface area contributed by atoms with Gasteiger partial charge in [0.05, 0.1) is 37.2 Å². The van der Waals surface area contributed by atoms with E-state index in [2.05, 4.69) is 23.4 Å². The molecule has 12 nitrogen and oxygen atoms in total. The van der Waals surface area contributed by atoms with Gasteiger partial charge in [-0.25, -0.2) is 0 Å². The second-order valence-corrected chi connectivity index (χ2v) is 12.7. The van der Waals surface area contributed by atoms with Crippen molar-refractivity contribution in [2.75, 3.05) is 65.7 Å². The second-order valence-electron chi connectivity index (χ2n) is 12.7. The number of hydrogen-bond donors (Lipinski definition) is 2. The monoisotopic (exact) mass is 652 g/mol. The molecular formula is C35H48N4O8. The van der Waals surface area contributed by atoms with Crippen molar-refractivity contribution in [3.05, 3.63) is 61.2 Å².